The van der Waals surface area contributed by atoms with Gasteiger partial charge in [0.05, 0.1) is 7.11 Å². The molecule has 0 aromatic heterocycles. The molecular weight excluding hydrogens is 374 g/mol. The number of nitrogens with zero attached hydrogens (tertiary/aromatic N) is 2. The Morgan fingerprint density at radius 2 is 1.93 bits per heavy atom. The maximum Gasteiger partial charge on any atom is 0.287 e. The summed E-state index contributed by atoms with van der Waals surface area (Å²) in [6.45, 7) is 1.20. The molecule has 0 aliphatic carbocycles. The van der Waals surface area contributed by atoms with E-state index >= 15 is 0 Å². The van der Waals surface area contributed by atoms with Gasteiger partial charge in [-0.05, 0) is 37.3 Å². The standard InChI is InChI=1S/C21H19N3O5/c1-13(25)14-7-9-18(19(11-14)28-2)29-12-21(27)22-16-6-4-3-5-15(16)17-8-10-20(26)24-23-17/h3-11,17H,12H2,1-2H3,(H,22,27). The Bertz CT molecular complexity index is 997. The normalized spacial score (nSPS) is 15.1. The van der Waals surface area contributed by atoms with E-state index in [2.05, 4.69) is 15.5 Å². The number of para-hydroxylation sites is 1. The number of anilines is 1. The first-order valence-corrected chi connectivity index (χ1v) is 8.81. The zero-order chi connectivity index (χ0) is 20.8. The Kier molecular flexibility index (Phi) is 6.13. The fourth-order valence-electron chi connectivity index (χ4n) is 2.73. The number of amides is 2. The third kappa shape index (κ3) is 4.92. The quantitative estimate of drug-likeness (QED) is 0.725. The van der Waals surface area contributed by atoms with Gasteiger partial charge in [0.15, 0.2) is 23.9 Å². The molecule has 0 saturated heterocycles. The van der Waals surface area contributed by atoms with Crippen LogP contribution in [0.15, 0.2) is 64.8 Å². The Morgan fingerprint density at radius 3 is 2.62 bits per heavy atom. The smallest absolute Gasteiger partial charge is 0.287 e. The highest BCUT2D eigenvalue weighted by Crippen LogP contribution is 2.30. The number of carbonyl (C=O) groups is 3. The highest BCUT2D eigenvalue weighted by atomic mass is 16.5. The average Bonchev–Trinajstić information content (AvgIpc) is 2.73. The summed E-state index contributed by atoms with van der Waals surface area (Å²) in [6.07, 6.45) is 2.97. The maximum atomic E-state index is 12.4. The minimum atomic E-state index is -0.454. The van der Waals surface area contributed by atoms with E-state index in [-0.39, 0.29) is 18.3 Å². The van der Waals surface area contributed by atoms with Crippen LogP contribution >= 0.6 is 0 Å². The van der Waals surface area contributed by atoms with E-state index in [9.17, 15) is 14.4 Å². The van der Waals surface area contributed by atoms with Crippen molar-refractivity contribution in [1.29, 1.82) is 0 Å². The van der Waals surface area contributed by atoms with E-state index in [1.807, 2.05) is 6.07 Å². The third-order valence-corrected chi connectivity index (χ3v) is 4.18. The van der Waals surface area contributed by atoms with Crippen molar-refractivity contribution in [2.45, 2.75) is 13.0 Å². The van der Waals surface area contributed by atoms with Gasteiger partial charge in [0, 0.05) is 22.9 Å². The topological polar surface area (TPSA) is 106 Å². The van der Waals surface area contributed by atoms with Gasteiger partial charge in [-0.2, -0.15) is 5.11 Å². The lowest BCUT2D eigenvalue weighted by Gasteiger charge is -2.16. The molecule has 1 atom stereocenters. The fourth-order valence-corrected chi connectivity index (χ4v) is 2.73. The summed E-state index contributed by atoms with van der Waals surface area (Å²) in [4.78, 5) is 35.0. The van der Waals surface area contributed by atoms with Gasteiger partial charge in [-0.1, -0.05) is 18.2 Å². The van der Waals surface area contributed by atoms with Gasteiger partial charge >= 0.3 is 0 Å². The maximum absolute atomic E-state index is 12.4. The first-order chi connectivity index (χ1) is 14.0. The molecular formula is C21H19N3O5. The summed E-state index contributed by atoms with van der Waals surface area (Å²) in [5.41, 5.74) is 1.74. The summed E-state index contributed by atoms with van der Waals surface area (Å²) in [7, 11) is 1.46. The van der Waals surface area contributed by atoms with Gasteiger partial charge < -0.3 is 14.8 Å². The third-order valence-electron chi connectivity index (χ3n) is 4.18. The molecule has 29 heavy (non-hydrogen) atoms. The molecule has 0 spiro atoms. The zero-order valence-corrected chi connectivity index (χ0v) is 15.9. The van der Waals surface area contributed by atoms with Crippen LogP contribution in [-0.4, -0.2) is 31.3 Å². The molecule has 148 valence electrons. The first kappa shape index (κ1) is 19.9. The molecule has 1 heterocycles. The zero-order valence-electron chi connectivity index (χ0n) is 15.9. The van der Waals surface area contributed by atoms with Crippen LogP contribution in [-0.2, 0) is 9.59 Å². The second-order valence-electron chi connectivity index (χ2n) is 6.20. The first-order valence-electron chi connectivity index (χ1n) is 8.81. The van der Waals surface area contributed by atoms with Crippen molar-refractivity contribution < 1.29 is 23.9 Å². The molecule has 1 aliphatic rings. The largest absolute Gasteiger partial charge is 0.493 e. The fraction of sp³-hybridized carbons (Fsp3) is 0.190. The van der Waals surface area contributed by atoms with E-state index < -0.39 is 11.9 Å². The highest BCUT2D eigenvalue weighted by Gasteiger charge is 2.17. The van der Waals surface area contributed by atoms with E-state index in [0.717, 1.165) is 0 Å². The Morgan fingerprint density at radius 1 is 1.14 bits per heavy atom. The molecule has 0 saturated carbocycles. The number of methoxy groups -OCH3 is 1. The highest BCUT2D eigenvalue weighted by molar-refractivity contribution is 5.95. The molecule has 0 bridgehead atoms. The van der Waals surface area contributed by atoms with E-state index in [0.29, 0.717) is 28.3 Å². The molecule has 1 aliphatic heterocycles. The number of nitrogens with one attached hydrogen (secondary N) is 1. The number of hydrogen-bond acceptors (Lipinski definition) is 6. The van der Waals surface area contributed by atoms with Gasteiger partial charge in [0.2, 0.25) is 0 Å². The number of Topliss-reactive ketones (excluding diaryl/α,β-unsaturated/α-hetero) is 1. The number of carbonyl (C=O) groups excluding carboxylic acids is 3. The molecule has 2 amide bonds. The van der Waals surface area contributed by atoms with E-state index in [1.54, 1.807) is 42.5 Å². The molecule has 0 radical (unpaired) electrons. The molecule has 1 N–H and O–H groups in total. The van der Waals surface area contributed by atoms with Crippen molar-refractivity contribution in [1.82, 2.24) is 0 Å². The van der Waals surface area contributed by atoms with Crippen molar-refractivity contribution in [2.24, 2.45) is 10.2 Å². The summed E-state index contributed by atoms with van der Waals surface area (Å²) in [5, 5.41) is 10.3. The van der Waals surface area contributed by atoms with Crippen LogP contribution in [0.3, 0.4) is 0 Å². The second kappa shape index (κ2) is 8.92. The van der Waals surface area contributed by atoms with Crippen LogP contribution < -0.4 is 14.8 Å². The SMILES string of the molecule is COc1cc(C(C)=O)ccc1OCC(=O)Nc1ccccc1C1C=CC(=O)N=N1. The molecule has 8 heteroatoms. The lowest BCUT2D eigenvalue weighted by molar-refractivity contribution is -0.118. The van der Waals surface area contributed by atoms with Gasteiger partial charge in [-0.3, -0.25) is 14.4 Å². The number of benzene rings is 2. The van der Waals surface area contributed by atoms with Crippen LogP contribution in [0.1, 0.15) is 28.9 Å². The molecule has 1 unspecified atom stereocenters. The molecule has 8 nitrogen and oxygen atoms in total. The number of ether oxygens (including phenoxy) is 2. The minimum absolute atomic E-state index is 0.0974. The van der Waals surface area contributed by atoms with Gasteiger partial charge in [0.25, 0.3) is 11.8 Å². The van der Waals surface area contributed by atoms with Crippen LogP contribution in [0.25, 0.3) is 0 Å². The Hall–Kier alpha value is -3.81. The summed E-state index contributed by atoms with van der Waals surface area (Å²) >= 11 is 0. The Labute approximate surface area is 167 Å². The van der Waals surface area contributed by atoms with Crippen molar-refractivity contribution in [2.75, 3.05) is 19.0 Å². The summed E-state index contributed by atoms with van der Waals surface area (Å²) < 4.78 is 10.8. The van der Waals surface area contributed by atoms with Crippen molar-refractivity contribution >= 4 is 23.3 Å². The van der Waals surface area contributed by atoms with Crippen LogP contribution in [0, 0.1) is 0 Å². The summed E-state index contributed by atoms with van der Waals surface area (Å²) in [6, 6.07) is 11.4. The van der Waals surface area contributed by atoms with Crippen LogP contribution in [0.2, 0.25) is 0 Å². The predicted octanol–water partition coefficient (Wildman–Crippen LogP) is 3.51. The lowest BCUT2D eigenvalue weighted by Crippen LogP contribution is -2.21. The second-order valence-corrected chi connectivity index (χ2v) is 6.20. The van der Waals surface area contributed by atoms with Crippen molar-refractivity contribution in [3.05, 3.63) is 65.7 Å². The number of azo groups is 1. The summed E-state index contributed by atoms with van der Waals surface area (Å²) in [5.74, 6) is -0.185. The van der Waals surface area contributed by atoms with Crippen LogP contribution in [0.4, 0.5) is 5.69 Å². The van der Waals surface area contributed by atoms with Crippen molar-refractivity contribution in [3.8, 4) is 11.5 Å². The number of rotatable bonds is 7. The van der Waals surface area contributed by atoms with Crippen LogP contribution in [0.5, 0.6) is 11.5 Å². The minimum Gasteiger partial charge on any atom is -0.493 e. The monoisotopic (exact) mass is 393 g/mol. The van der Waals surface area contributed by atoms with E-state index in [4.69, 9.17) is 9.47 Å². The number of ketones is 1. The average molecular weight is 393 g/mol. The Balaban J connectivity index is 1.68. The molecule has 3 rings (SSSR count). The lowest BCUT2D eigenvalue weighted by atomic mass is 10.0. The predicted molar refractivity (Wildman–Crippen MR) is 105 cm³/mol. The number of hydrogen-bond donors (Lipinski definition) is 1. The van der Waals surface area contributed by atoms with Crippen molar-refractivity contribution in [3.63, 3.8) is 0 Å². The molecule has 2 aromatic carbocycles. The van der Waals surface area contributed by atoms with Gasteiger partial charge in [0.1, 0.15) is 6.04 Å². The van der Waals surface area contributed by atoms with Gasteiger partial charge in [-0.25, -0.2) is 0 Å². The van der Waals surface area contributed by atoms with Gasteiger partial charge in [-0.15, -0.1) is 5.11 Å². The molecule has 2 aromatic rings. The van der Waals surface area contributed by atoms with E-state index in [1.165, 1.54) is 20.1 Å². The molecule has 0 fully saturated rings.